The Morgan fingerprint density at radius 3 is 2.78 bits per heavy atom. The predicted molar refractivity (Wildman–Crippen MR) is 98.2 cm³/mol. The van der Waals surface area contributed by atoms with Gasteiger partial charge in [0.15, 0.2) is 5.43 Å². The average molecular weight is 363 g/mol. The molecule has 0 atom stereocenters. The summed E-state index contributed by atoms with van der Waals surface area (Å²) in [5, 5.41) is 13.5. The van der Waals surface area contributed by atoms with Crippen LogP contribution >= 0.6 is 0 Å². The molecule has 1 aromatic carbocycles. The van der Waals surface area contributed by atoms with Crippen molar-refractivity contribution in [3.8, 4) is 28.3 Å². The first kappa shape index (κ1) is 15.9. The molecule has 2 aliphatic heterocycles. The molecule has 4 heterocycles. The number of rotatable bonds is 2. The normalized spacial score (nSPS) is 14.3. The van der Waals surface area contributed by atoms with Gasteiger partial charge in [0.2, 0.25) is 0 Å². The van der Waals surface area contributed by atoms with E-state index in [0.717, 1.165) is 41.1 Å². The summed E-state index contributed by atoms with van der Waals surface area (Å²) in [5.74, 6) is -0.297. The molecule has 0 fully saturated rings. The van der Waals surface area contributed by atoms with E-state index >= 15 is 0 Å². The molecular formula is C20H17N3O4. The van der Waals surface area contributed by atoms with E-state index in [9.17, 15) is 14.7 Å². The Morgan fingerprint density at radius 1 is 1.19 bits per heavy atom. The van der Waals surface area contributed by atoms with E-state index in [1.54, 1.807) is 10.9 Å². The Labute approximate surface area is 154 Å². The van der Waals surface area contributed by atoms with Crippen LogP contribution in [0.3, 0.4) is 0 Å². The van der Waals surface area contributed by atoms with Crippen LogP contribution in [0.4, 0.5) is 0 Å². The highest BCUT2D eigenvalue weighted by Crippen LogP contribution is 2.44. The van der Waals surface area contributed by atoms with Gasteiger partial charge in [-0.2, -0.15) is 5.10 Å². The van der Waals surface area contributed by atoms with E-state index in [-0.39, 0.29) is 5.56 Å². The first-order valence-electron chi connectivity index (χ1n) is 8.82. The van der Waals surface area contributed by atoms with Crippen LogP contribution in [0.2, 0.25) is 0 Å². The number of aromatic carboxylic acids is 1. The molecule has 0 unspecified atom stereocenters. The third-order valence-electron chi connectivity index (χ3n) is 5.43. The van der Waals surface area contributed by atoms with Crippen LogP contribution in [0.25, 0.3) is 22.5 Å². The van der Waals surface area contributed by atoms with Crippen LogP contribution in [0.15, 0.2) is 35.4 Å². The second kappa shape index (κ2) is 5.57. The molecule has 0 aliphatic carbocycles. The largest absolute Gasteiger partial charge is 0.492 e. The molecule has 2 aliphatic rings. The van der Waals surface area contributed by atoms with E-state index in [1.165, 1.54) is 23.4 Å². The Bertz CT molecular complexity index is 1170. The van der Waals surface area contributed by atoms with Gasteiger partial charge in [0.25, 0.3) is 0 Å². The van der Waals surface area contributed by atoms with E-state index in [2.05, 4.69) is 5.10 Å². The maximum atomic E-state index is 12.3. The summed E-state index contributed by atoms with van der Waals surface area (Å²) in [6, 6.07) is 5.42. The van der Waals surface area contributed by atoms with Crippen molar-refractivity contribution in [2.45, 2.75) is 19.4 Å². The second-order valence-corrected chi connectivity index (χ2v) is 6.88. The summed E-state index contributed by atoms with van der Waals surface area (Å²) in [5.41, 5.74) is 5.32. The summed E-state index contributed by atoms with van der Waals surface area (Å²) in [4.78, 5) is 23.6. The van der Waals surface area contributed by atoms with Gasteiger partial charge in [-0.25, -0.2) is 4.79 Å². The fraction of sp³-hybridized carbons (Fsp3) is 0.250. The molecular weight excluding hydrogens is 346 g/mol. The highest BCUT2D eigenvalue weighted by molar-refractivity contribution is 5.88. The number of carbonyl (C=O) groups is 1. The summed E-state index contributed by atoms with van der Waals surface area (Å²) in [6.07, 6.45) is 4.81. The molecule has 0 spiro atoms. The van der Waals surface area contributed by atoms with Crippen molar-refractivity contribution < 1.29 is 14.6 Å². The molecule has 3 aromatic rings. The monoisotopic (exact) mass is 363 g/mol. The molecule has 0 radical (unpaired) electrons. The lowest BCUT2D eigenvalue weighted by atomic mass is 9.88. The predicted octanol–water partition coefficient (Wildman–Crippen LogP) is 2.10. The zero-order valence-electron chi connectivity index (χ0n) is 14.7. The summed E-state index contributed by atoms with van der Waals surface area (Å²) in [7, 11) is 1.88. The number of pyridine rings is 1. The molecule has 7 nitrogen and oxygen atoms in total. The van der Waals surface area contributed by atoms with E-state index in [0.29, 0.717) is 13.2 Å². The first-order chi connectivity index (χ1) is 13.0. The van der Waals surface area contributed by atoms with Crippen LogP contribution in [0.5, 0.6) is 5.75 Å². The Morgan fingerprint density at radius 2 is 2.04 bits per heavy atom. The lowest BCUT2D eigenvalue weighted by Gasteiger charge is -2.25. The molecule has 2 aromatic heterocycles. The second-order valence-electron chi connectivity index (χ2n) is 6.88. The fourth-order valence-electron chi connectivity index (χ4n) is 4.17. The molecule has 5 rings (SSSR count). The molecule has 136 valence electrons. The number of carboxylic acid groups (broad SMARTS) is 1. The van der Waals surface area contributed by atoms with Crippen LogP contribution in [-0.4, -0.2) is 32.0 Å². The first-order valence-corrected chi connectivity index (χ1v) is 8.82. The van der Waals surface area contributed by atoms with Crippen molar-refractivity contribution in [2.75, 3.05) is 6.61 Å². The highest BCUT2D eigenvalue weighted by Gasteiger charge is 2.29. The molecule has 1 N–H and O–H groups in total. The molecule has 0 saturated carbocycles. The Balaban J connectivity index is 1.80. The van der Waals surface area contributed by atoms with Crippen molar-refractivity contribution in [1.29, 1.82) is 0 Å². The van der Waals surface area contributed by atoms with Crippen LogP contribution in [-0.2, 0) is 26.4 Å². The zero-order valence-corrected chi connectivity index (χ0v) is 14.7. The van der Waals surface area contributed by atoms with Gasteiger partial charge in [0.05, 0.1) is 18.0 Å². The fourth-order valence-corrected chi connectivity index (χ4v) is 4.17. The number of hydrogen-bond acceptors (Lipinski definition) is 4. The quantitative estimate of drug-likeness (QED) is 0.754. The summed E-state index contributed by atoms with van der Waals surface area (Å²) in [6.45, 7) is 1.28. The number of nitrogens with zero attached hydrogens (tertiary/aromatic N) is 3. The summed E-state index contributed by atoms with van der Waals surface area (Å²) < 4.78 is 9.61. The van der Waals surface area contributed by atoms with Gasteiger partial charge in [0.1, 0.15) is 11.3 Å². The zero-order chi connectivity index (χ0) is 18.7. The van der Waals surface area contributed by atoms with Gasteiger partial charge in [0, 0.05) is 55.2 Å². The molecule has 0 amide bonds. The van der Waals surface area contributed by atoms with Crippen molar-refractivity contribution in [3.05, 3.63) is 57.5 Å². The maximum Gasteiger partial charge on any atom is 0.341 e. The van der Waals surface area contributed by atoms with Crippen LogP contribution < -0.4 is 10.2 Å². The minimum atomic E-state index is -1.20. The third kappa shape index (κ3) is 2.24. The number of aryl methyl sites for hydroxylation is 2. The molecule has 27 heavy (non-hydrogen) atoms. The Hall–Kier alpha value is -3.35. The SMILES string of the molecule is Cn1nccc1-c1cc2c(c3c1OCC3)CCn1cc(C(=O)O)c(=O)cc1-2. The number of aromatic nitrogens is 3. The van der Waals surface area contributed by atoms with Crippen molar-refractivity contribution in [3.63, 3.8) is 0 Å². The topological polar surface area (TPSA) is 86.3 Å². The lowest BCUT2D eigenvalue weighted by Crippen LogP contribution is -2.22. The number of carboxylic acids is 1. The number of ether oxygens (including phenoxy) is 1. The van der Waals surface area contributed by atoms with Gasteiger partial charge in [-0.1, -0.05) is 0 Å². The standard InChI is InChI=1S/C20H17N3O4/c1-22-16(2-5-21-22)14-8-13-11(12-4-7-27-19(12)14)3-6-23-10-15(20(25)26)18(24)9-17(13)23/h2,5,8-10H,3-4,6-7H2,1H3,(H,25,26). The minimum Gasteiger partial charge on any atom is -0.492 e. The highest BCUT2D eigenvalue weighted by atomic mass is 16.5. The van der Waals surface area contributed by atoms with Crippen LogP contribution in [0, 0.1) is 0 Å². The van der Waals surface area contributed by atoms with E-state index in [4.69, 9.17) is 4.74 Å². The van der Waals surface area contributed by atoms with Crippen molar-refractivity contribution in [2.24, 2.45) is 7.05 Å². The number of fused-ring (bicyclic) bond motifs is 5. The van der Waals surface area contributed by atoms with E-state index < -0.39 is 11.4 Å². The van der Waals surface area contributed by atoms with E-state index in [1.807, 2.05) is 23.7 Å². The van der Waals surface area contributed by atoms with Crippen molar-refractivity contribution in [1.82, 2.24) is 14.3 Å². The molecule has 0 bridgehead atoms. The third-order valence-corrected chi connectivity index (χ3v) is 5.43. The Kier molecular flexibility index (Phi) is 3.28. The molecule has 7 heteroatoms. The van der Waals surface area contributed by atoms with Gasteiger partial charge in [-0.3, -0.25) is 9.48 Å². The smallest absolute Gasteiger partial charge is 0.341 e. The van der Waals surface area contributed by atoms with Gasteiger partial charge < -0.3 is 14.4 Å². The van der Waals surface area contributed by atoms with Crippen LogP contribution in [0.1, 0.15) is 21.5 Å². The number of hydrogen-bond donors (Lipinski definition) is 1. The summed E-state index contributed by atoms with van der Waals surface area (Å²) >= 11 is 0. The minimum absolute atomic E-state index is 0.196. The van der Waals surface area contributed by atoms with Gasteiger partial charge in [-0.05, 0) is 24.1 Å². The van der Waals surface area contributed by atoms with Gasteiger partial charge >= 0.3 is 5.97 Å². The lowest BCUT2D eigenvalue weighted by molar-refractivity contribution is 0.0694. The van der Waals surface area contributed by atoms with Crippen molar-refractivity contribution >= 4 is 5.97 Å². The average Bonchev–Trinajstić information content (AvgIpc) is 3.29. The number of benzene rings is 1. The maximum absolute atomic E-state index is 12.3. The van der Waals surface area contributed by atoms with Gasteiger partial charge in [-0.15, -0.1) is 0 Å². The molecule has 0 saturated heterocycles.